The van der Waals surface area contributed by atoms with Crippen molar-refractivity contribution >= 4 is 27.9 Å². The molecule has 2 heterocycles. The van der Waals surface area contributed by atoms with Crippen LogP contribution in [-0.4, -0.2) is 75.1 Å². The van der Waals surface area contributed by atoms with Crippen LogP contribution in [0.3, 0.4) is 0 Å². The molecule has 2 aliphatic carbocycles. The number of rotatable bonds is 20. The zero-order valence-electron chi connectivity index (χ0n) is 40.7. The average Bonchev–Trinajstić information content (AvgIpc) is 3.85. The second-order valence-electron chi connectivity index (χ2n) is 17.9. The second kappa shape index (κ2) is 24.8. The molecule has 10 heteroatoms. The van der Waals surface area contributed by atoms with E-state index >= 15 is 0 Å². The average molecular weight is 906 g/mol. The van der Waals surface area contributed by atoms with Gasteiger partial charge in [0, 0.05) is 79.0 Å². The van der Waals surface area contributed by atoms with Crippen molar-refractivity contribution in [3.63, 3.8) is 0 Å². The number of hydrogen-bond acceptors (Lipinski definition) is 8. The van der Waals surface area contributed by atoms with E-state index in [2.05, 4.69) is 131 Å². The van der Waals surface area contributed by atoms with E-state index < -0.39 is 5.92 Å². The Kier molecular flexibility index (Phi) is 20.7. The minimum atomic E-state index is -2.64. The summed E-state index contributed by atoms with van der Waals surface area (Å²) in [5.41, 5.74) is 19.3. The van der Waals surface area contributed by atoms with Crippen LogP contribution in [0.5, 0.6) is 0 Å². The van der Waals surface area contributed by atoms with Gasteiger partial charge in [0.15, 0.2) is 0 Å². The molecule has 0 aliphatic heterocycles. The number of aryl methyl sites for hydroxylation is 2. The molecular formula is C55H77F2N7S. The smallest absolute Gasteiger partial charge is 0.256 e. The molecule has 5 N–H and O–H groups in total. The number of aromatic nitrogens is 1. The molecule has 2 aromatic heterocycles. The maximum absolute atomic E-state index is 13.9. The summed E-state index contributed by atoms with van der Waals surface area (Å²) >= 11 is 1.93. The SMILES string of the molecule is C=C.C=C(N)c1cccc(-c2nc(NC(=C)C3(c4ccc5c(c4)CC(F)(F)C5)CC3)ccc2C)c1.C=CCN(CCN(C)c1ccc(CCC(C)(C)CC)s1)C(=C)/C=C/CN(C)C.CN. The molecule has 2 aliphatic rings. The van der Waals surface area contributed by atoms with Gasteiger partial charge < -0.3 is 31.5 Å². The first-order chi connectivity index (χ1) is 30.8. The normalized spacial score (nSPS) is 14.1. The molecule has 7 nitrogen and oxygen atoms in total. The van der Waals surface area contributed by atoms with Crippen molar-refractivity contribution < 1.29 is 8.78 Å². The first-order valence-electron chi connectivity index (χ1n) is 22.6. The third-order valence-corrected chi connectivity index (χ3v) is 13.4. The molecule has 352 valence electrons. The molecule has 0 amide bonds. The molecule has 2 aromatic carbocycles. The van der Waals surface area contributed by atoms with Crippen LogP contribution >= 0.6 is 11.3 Å². The third-order valence-electron chi connectivity index (χ3n) is 12.1. The first kappa shape index (κ1) is 54.0. The van der Waals surface area contributed by atoms with Gasteiger partial charge in [-0.2, -0.15) is 0 Å². The van der Waals surface area contributed by atoms with Gasteiger partial charge in [0.25, 0.3) is 5.92 Å². The molecule has 1 saturated carbocycles. The molecular weight excluding hydrogens is 829 g/mol. The van der Waals surface area contributed by atoms with Gasteiger partial charge in [-0.15, -0.1) is 31.1 Å². The van der Waals surface area contributed by atoms with Crippen molar-refractivity contribution in [1.82, 2.24) is 14.8 Å². The molecule has 0 radical (unpaired) electrons. The summed E-state index contributed by atoms with van der Waals surface area (Å²) in [5, 5.41) is 4.75. The van der Waals surface area contributed by atoms with E-state index in [1.165, 1.54) is 36.2 Å². The van der Waals surface area contributed by atoms with E-state index in [-0.39, 0.29) is 18.3 Å². The number of halogens is 2. The van der Waals surface area contributed by atoms with Crippen molar-refractivity contribution in [2.45, 2.75) is 84.0 Å². The van der Waals surface area contributed by atoms with Crippen LogP contribution in [0.25, 0.3) is 17.0 Å². The van der Waals surface area contributed by atoms with Crippen LogP contribution in [0, 0.1) is 12.3 Å². The lowest BCUT2D eigenvalue weighted by molar-refractivity contribution is 0.0130. The number of nitrogens with zero attached hydrogens (tertiary/aromatic N) is 4. The molecule has 0 unspecified atom stereocenters. The fourth-order valence-electron chi connectivity index (χ4n) is 7.54. The molecule has 6 rings (SSSR count). The minimum Gasteiger partial charge on any atom is -0.399 e. The van der Waals surface area contributed by atoms with Gasteiger partial charge >= 0.3 is 0 Å². The van der Waals surface area contributed by atoms with Gasteiger partial charge in [0.05, 0.1) is 10.7 Å². The Hall–Kier alpha value is -5.29. The number of anilines is 2. The third kappa shape index (κ3) is 15.7. The molecule has 65 heavy (non-hydrogen) atoms. The number of likely N-dealkylation sites (N-methyl/N-ethyl adjacent to an activating group) is 2. The van der Waals surface area contributed by atoms with Crippen molar-refractivity contribution in [3.05, 3.63) is 169 Å². The Morgan fingerprint density at radius 1 is 0.923 bits per heavy atom. The number of pyridine rings is 1. The van der Waals surface area contributed by atoms with E-state index in [0.29, 0.717) is 16.9 Å². The highest BCUT2D eigenvalue weighted by Gasteiger charge is 2.48. The van der Waals surface area contributed by atoms with Crippen molar-refractivity contribution in [2.75, 3.05) is 64.6 Å². The van der Waals surface area contributed by atoms with Crippen LogP contribution in [0.1, 0.15) is 79.1 Å². The molecule has 4 aromatic rings. The van der Waals surface area contributed by atoms with Crippen LogP contribution in [0.2, 0.25) is 0 Å². The minimum absolute atomic E-state index is 0.163. The van der Waals surface area contributed by atoms with Gasteiger partial charge in [0.2, 0.25) is 0 Å². The van der Waals surface area contributed by atoms with Crippen molar-refractivity contribution in [1.29, 1.82) is 0 Å². The monoisotopic (exact) mass is 906 g/mol. The van der Waals surface area contributed by atoms with Crippen molar-refractivity contribution in [2.24, 2.45) is 16.9 Å². The van der Waals surface area contributed by atoms with Gasteiger partial charge in [-0.1, -0.05) is 102 Å². The number of nitrogens with one attached hydrogen (secondary N) is 1. The zero-order chi connectivity index (χ0) is 48.5. The number of benzene rings is 2. The maximum atomic E-state index is 13.9. The van der Waals surface area contributed by atoms with Crippen LogP contribution in [0.4, 0.5) is 19.6 Å². The first-order valence-corrected chi connectivity index (χ1v) is 23.4. The quantitative estimate of drug-likeness (QED) is 0.0601. The number of fused-ring (bicyclic) bond motifs is 1. The zero-order valence-corrected chi connectivity index (χ0v) is 41.5. The summed E-state index contributed by atoms with van der Waals surface area (Å²) in [6.07, 6.45) is 11.4. The van der Waals surface area contributed by atoms with Gasteiger partial charge in [-0.05, 0) is 117 Å². The lowest BCUT2D eigenvalue weighted by Gasteiger charge is -2.27. The summed E-state index contributed by atoms with van der Waals surface area (Å²) in [7, 11) is 7.83. The summed E-state index contributed by atoms with van der Waals surface area (Å²) in [5.74, 6) is -1.93. The van der Waals surface area contributed by atoms with E-state index in [0.717, 1.165) is 89.5 Å². The lowest BCUT2D eigenvalue weighted by atomic mass is 9.85. The summed E-state index contributed by atoms with van der Waals surface area (Å²) in [4.78, 5) is 13.1. The van der Waals surface area contributed by atoms with Gasteiger partial charge in [0.1, 0.15) is 5.82 Å². The Morgan fingerprint density at radius 2 is 1.62 bits per heavy atom. The Bertz CT molecular complexity index is 2230. The highest BCUT2D eigenvalue weighted by Crippen LogP contribution is 2.54. The number of alkyl halides is 2. The molecule has 0 bridgehead atoms. The summed E-state index contributed by atoms with van der Waals surface area (Å²) < 4.78 is 27.7. The maximum Gasteiger partial charge on any atom is 0.256 e. The molecule has 1 fully saturated rings. The van der Waals surface area contributed by atoms with E-state index in [9.17, 15) is 8.78 Å². The summed E-state index contributed by atoms with van der Waals surface area (Å²) in [6, 6.07) is 22.2. The molecule has 0 atom stereocenters. The Balaban J connectivity index is 0.000000326. The summed E-state index contributed by atoms with van der Waals surface area (Å²) in [6.45, 7) is 35.0. The Labute approximate surface area is 395 Å². The van der Waals surface area contributed by atoms with Crippen molar-refractivity contribution in [3.8, 4) is 11.3 Å². The molecule has 0 saturated heterocycles. The van der Waals surface area contributed by atoms with E-state index in [1.54, 1.807) is 0 Å². The van der Waals surface area contributed by atoms with E-state index in [4.69, 9.17) is 10.7 Å². The van der Waals surface area contributed by atoms with Gasteiger partial charge in [-0.25, -0.2) is 13.8 Å². The van der Waals surface area contributed by atoms with Crippen LogP contribution in [-0.2, 0) is 24.7 Å². The largest absolute Gasteiger partial charge is 0.399 e. The number of thiophene rings is 1. The predicted octanol–water partition coefficient (Wildman–Crippen LogP) is 12.4. The number of hydrogen-bond donors (Lipinski definition) is 3. The topological polar surface area (TPSA) is 86.7 Å². The molecule has 0 spiro atoms. The number of allylic oxidation sites excluding steroid dienone is 2. The number of nitrogens with two attached hydrogens (primary N) is 2. The standard InChI is InChI=1S/C28H27F2N3.C24H41N3S.C2H4.CH5N/c1-17-7-10-25(33-26(17)21-6-4-5-20(13-21)18(2)31)32-19(3)27(11-12-27)24-9-8-22-15-28(29,30)16-23(22)14-24;1-9-17-27(21(3)12-11-18-25(6)7)20-19-26(8)23-14-13-22(28-23)15-16-24(4,5)10-2;2*1-2/h4-10,13-14H,2-3,11-12,15-16,31H2,1H3,(H,32,33);9,11-14H,1,3,10,15-20H2,2,4-8H3;1-2H2;2H2,1H3/b;12-11+;;. The highest BCUT2D eigenvalue weighted by molar-refractivity contribution is 7.16. The predicted molar refractivity (Wildman–Crippen MR) is 280 cm³/mol. The fourth-order valence-corrected chi connectivity index (χ4v) is 8.53. The van der Waals surface area contributed by atoms with Crippen LogP contribution in [0.15, 0.2) is 136 Å². The highest BCUT2D eigenvalue weighted by atomic mass is 32.1. The van der Waals surface area contributed by atoms with E-state index in [1.807, 2.05) is 78.9 Å². The lowest BCUT2D eigenvalue weighted by Crippen LogP contribution is -2.32. The Morgan fingerprint density at radius 3 is 2.25 bits per heavy atom. The van der Waals surface area contributed by atoms with Crippen LogP contribution < -0.4 is 21.7 Å². The van der Waals surface area contributed by atoms with Gasteiger partial charge in [-0.3, -0.25) is 0 Å². The fraction of sp³-hybridized carbons (Fsp3) is 0.400. The second-order valence-corrected chi connectivity index (χ2v) is 19.1.